The summed E-state index contributed by atoms with van der Waals surface area (Å²) >= 11 is 0. The smallest absolute Gasteiger partial charge is 0.416 e. The molecule has 1 aromatic carbocycles. The number of benzene rings is 1. The van der Waals surface area contributed by atoms with Crippen molar-refractivity contribution in [3.63, 3.8) is 0 Å². The molecule has 3 N–H and O–H groups in total. The summed E-state index contributed by atoms with van der Waals surface area (Å²) < 4.78 is 92.6. The number of hydrogen-bond donors (Lipinski definition) is 2. The first kappa shape index (κ1) is 41.2. The fourth-order valence-corrected chi connectivity index (χ4v) is 6.63. The molecule has 11 nitrogen and oxygen atoms in total. The van der Waals surface area contributed by atoms with Gasteiger partial charge in [0, 0.05) is 44.7 Å². The minimum atomic E-state index is -5.04. The Labute approximate surface area is 303 Å². The molecule has 2 aliphatic heterocycles. The molecule has 2 atom stereocenters. The fraction of sp³-hybridized carbons (Fsp3) is 0.528. The van der Waals surface area contributed by atoms with Crippen LogP contribution in [-0.2, 0) is 28.3 Å². The predicted octanol–water partition coefficient (Wildman–Crippen LogP) is 7.44. The van der Waals surface area contributed by atoms with Crippen LogP contribution in [0.4, 0.5) is 42.5 Å². The molecule has 53 heavy (non-hydrogen) atoms. The van der Waals surface area contributed by atoms with Gasteiger partial charge >= 0.3 is 18.4 Å². The largest absolute Gasteiger partial charge is 0.481 e. The van der Waals surface area contributed by atoms with Crippen molar-refractivity contribution in [3.8, 4) is 5.88 Å². The summed E-state index contributed by atoms with van der Waals surface area (Å²) in [4.78, 5) is 41.1. The maximum atomic E-state index is 13.7. The van der Waals surface area contributed by atoms with Crippen LogP contribution in [0.2, 0.25) is 0 Å². The predicted molar refractivity (Wildman–Crippen MR) is 184 cm³/mol. The molecule has 0 spiro atoms. The van der Waals surface area contributed by atoms with Crippen molar-refractivity contribution in [2.45, 2.75) is 83.7 Å². The monoisotopic (exact) mass is 754 g/mol. The number of pyridine rings is 1. The average molecular weight is 755 g/mol. The van der Waals surface area contributed by atoms with E-state index in [0.29, 0.717) is 43.8 Å². The van der Waals surface area contributed by atoms with Gasteiger partial charge in [-0.25, -0.2) is 19.7 Å². The number of methoxy groups -OCH3 is 1. The van der Waals surface area contributed by atoms with Gasteiger partial charge in [-0.15, -0.1) is 0 Å². The van der Waals surface area contributed by atoms with Crippen LogP contribution in [0.25, 0.3) is 0 Å². The van der Waals surface area contributed by atoms with Crippen molar-refractivity contribution >= 4 is 23.3 Å². The molecule has 1 fully saturated rings. The van der Waals surface area contributed by atoms with Gasteiger partial charge in [0.1, 0.15) is 17.3 Å². The molecule has 3 aromatic rings. The van der Waals surface area contributed by atoms with Gasteiger partial charge in [0.2, 0.25) is 5.88 Å². The van der Waals surface area contributed by atoms with Crippen LogP contribution in [0.1, 0.15) is 93.2 Å². The van der Waals surface area contributed by atoms with E-state index >= 15 is 0 Å². The highest BCUT2D eigenvalue weighted by Gasteiger charge is 2.47. The highest BCUT2D eigenvalue weighted by Crippen LogP contribution is 2.45. The van der Waals surface area contributed by atoms with E-state index in [9.17, 15) is 41.0 Å². The molecule has 0 saturated carbocycles. The Morgan fingerprint density at radius 3 is 2.04 bits per heavy atom. The maximum Gasteiger partial charge on any atom is 0.416 e. The normalized spacial score (nSPS) is 19.3. The first-order chi connectivity index (χ1) is 24.9. The number of Topliss-reactive ketones (excluding diaryl/α,β-unsaturated/α-hetero) is 1. The molecule has 0 unspecified atom stereocenters. The number of fused-ring (bicyclic) bond motifs is 1. The van der Waals surface area contributed by atoms with Crippen LogP contribution in [-0.4, -0.2) is 71.0 Å². The molecular weight excluding hydrogens is 710 g/mol. The summed E-state index contributed by atoms with van der Waals surface area (Å²) in [6.45, 7) is 9.65. The van der Waals surface area contributed by atoms with Crippen molar-refractivity contribution < 1.29 is 50.5 Å². The number of carbonyl (C=O) groups excluding carboxylic acids is 1. The van der Waals surface area contributed by atoms with Gasteiger partial charge in [-0.2, -0.15) is 26.3 Å². The van der Waals surface area contributed by atoms with Gasteiger partial charge in [0.25, 0.3) is 0 Å². The SMILES string of the molecule is CCOCC.CC[C@]1(N)C[C@H](c2ncc(N3CCC(C(C)=O)CC3)c(Cc3cc(C(F)(F)F)cc(C(F)(F)F)c3)n2)c2nc(OC)ccc2N1C(=O)O. The van der Waals surface area contributed by atoms with E-state index in [0.717, 1.165) is 18.1 Å². The summed E-state index contributed by atoms with van der Waals surface area (Å²) in [5, 5.41) is 10.1. The highest BCUT2D eigenvalue weighted by molar-refractivity contribution is 5.89. The van der Waals surface area contributed by atoms with Crippen LogP contribution < -0.4 is 20.3 Å². The number of carboxylic acid groups (broad SMARTS) is 1. The van der Waals surface area contributed by atoms with Crippen LogP contribution in [0.5, 0.6) is 5.88 Å². The van der Waals surface area contributed by atoms with Crippen molar-refractivity contribution in [2.75, 3.05) is 43.2 Å². The Morgan fingerprint density at radius 1 is 0.962 bits per heavy atom. The summed E-state index contributed by atoms with van der Waals surface area (Å²) in [7, 11) is 1.38. The van der Waals surface area contributed by atoms with Crippen LogP contribution in [0, 0.1) is 5.92 Å². The van der Waals surface area contributed by atoms with E-state index in [1.165, 1.54) is 32.4 Å². The van der Waals surface area contributed by atoms with Gasteiger partial charge in [0.05, 0.1) is 53.1 Å². The van der Waals surface area contributed by atoms with E-state index < -0.39 is 47.6 Å². The molecule has 5 rings (SSSR count). The third kappa shape index (κ3) is 9.54. The molecule has 1 amide bonds. The first-order valence-corrected chi connectivity index (χ1v) is 17.2. The second-order valence-electron chi connectivity index (χ2n) is 12.9. The van der Waals surface area contributed by atoms with Crippen LogP contribution in [0.15, 0.2) is 36.5 Å². The maximum absolute atomic E-state index is 13.7. The lowest BCUT2D eigenvalue weighted by Crippen LogP contribution is -2.61. The van der Waals surface area contributed by atoms with Crippen molar-refractivity contribution in [1.82, 2.24) is 15.0 Å². The quantitative estimate of drug-likeness (QED) is 0.212. The standard InChI is InChI=1S/C32H34F6N6O4.C4H10O/c1-4-30(39)15-22(27-24(44(30)29(46)47)5-6-26(42-27)48-3)28-40-16-25(43-9-7-19(8-10-43)17(2)45)23(41-28)13-18-11-20(31(33,34)35)14-21(12-18)32(36,37)38;1-3-5-4-2/h5-6,11-12,14,16,19,22H,4,7-10,13,15,39H2,1-3H3,(H,46,47);3-4H2,1-2H3/t22-,30+;/m0./s1. The Hall–Kier alpha value is -4.51. The average Bonchev–Trinajstić information content (AvgIpc) is 3.10. The number of carbonyl (C=O) groups is 2. The number of piperidine rings is 1. The molecule has 4 heterocycles. The second-order valence-corrected chi connectivity index (χ2v) is 12.9. The number of nitrogens with two attached hydrogens (primary N) is 1. The van der Waals surface area contributed by atoms with E-state index in [4.69, 9.17) is 20.2 Å². The number of hydrogen-bond acceptors (Lipinski definition) is 9. The summed E-state index contributed by atoms with van der Waals surface area (Å²) in [6, 6.07) is 4.36. The minimum absolute atomic E-state index is 0.0283. The lowest BCUT2D eigenvalue weighted by molar-refractivity contribution is -0.143. The van der Waals surface area contributed by atoms with Crippen molar-refractivity contribution in [1.29, 1.82) is 0 Å². The number of rotatable bonds is 9. The lowest BCUT2D eigenvalue weighted by atomic mass is 9.83. The molecule has 2 aromatic heterocycles. The van der Waals surface area contributed by atoms with Crippen LogP contribution in [0.3, 0.4) is 0 Å². The molecular formula is C36H44F6N6O5. The molecule has 0 aliphatic carbocycles. The Kier molecular flexibility index (Phi) is 13.0. The molecule has 2 aliphatic rings. The Balaban J connectivity index is 0.00000117. The zero-order valence-electron chi connectivity index (χ0n) is 30.1. The number of alkyl halides is 6. The van der Waals surface area contributed by atoms with E-state index in [1.807, 2.05) is 18.7 Å². The minimum Gasteiger partial charge on any atom is -0.481 e. The molecule has 0 radical (unpaired) electrons. The summed E-state index contributed by atoms with van der Waals surface area (Å²) in [5.74, 6) is -0.698. The van der Waals surface area contributed by atoms with E-state index in [2.05, 4.69) is 9.97 Å². The number of halogens is 6. The van der Waals surface area contributed by atoms with Crippen LogP contribution >= 0.6 is 0 Å². The van der Waals surface area contributed by atoms with E-state index in [-0.39, 0.29) is 65.0 Å². The number of anilines is 2. The highest BCUT2D eigenvalue weighted by atomic mass is 19.4. The van der Waals surface area contributed by atoms with Gasteiger partial charge in [-0.05, 0) is 76.3 Å². The number of aromatic nitrogens is 3. The second kappa shape index (κ2) is 16.7. The number of nitrogens with zero attached hydrogens (tertiary/aromatic N) is 5. The fourth-order valence-electron chi connectivity index (χ4n) is 6.63. The zero-order valence-corrected chi connectivity index (χ0v) is 30.1. The van der Waals surface area contributed by atoms with E-state index in [1.54, 1.807) is 6.92 Å². The number of ketones is 1. The lowest BCUT2D eigenvalue weighted by Gasteiger charge is -2.45. The van der Waals surface area contributed by atoms with Gasteiger partial charge in [0.15, 0.2) is 0 Å². The van der Waals surface area contributed by atoms with Crippen molar-refractivity contribution in [2.24, 2.45) is 11.7 Å². The summed E-state index contributed by atoms with van der Waals surface area (Å²) in [6.07, 6.45) is -9.22. The van der Waals surface area contributed by atoms with Crippen molar-refractivity contribution in [3.05, 3.63) is 70.4 Å². The van der Waals surface area contributed by atoms with Gasteiger partial charge in [-0.1, -0.05) is 6.92 Å². The third-order valence-electron chi connectivity index (χ3n) is 9.48. The third-order valence-corrected chi connectivity index (χ3v) is 9.48. The van der Waals surface area contributed by atoms with Gasteiger partial charge < -0.3 is 25.2 Å². The molecule has 290 valence electrons. The zero-order chi connectivity index (χ0) is 39.3. The molecule has 0 bridgehead atoms. The topological polar surface area (TPSA) is 144 Å². The van der Waals surface area contributed by atoms with Gasteiger partial charge in [-0.3, -0.25) is 9.69 Å². The Bertz CT molecular complexity index is 1730. The Morgan fingerprint density at radius 2 is 1.57 bits per heavy atom. The first-order valence-electron chi connectivity index (χ1n) is 17.2. The molecule has 1 saturated heterocycles. The summed E-state index contributed by atoms with van der Waals surface area (Å²) in [5.41, 5.74) is 2.99. The molecule has 17 heteroatoms. The number of ether oxygens (including phenoxy) is 2. The number of amides is 1.